The smallest absolute Gasteiger partial charge is 0.326 e. The molecule has 0 unspecified atom stereocenters. The van der Waals surface area contributed by atoms with Crippen LogP contribution >= 0.6 is 0 Å². The highest BCUT2D eigenvalue weighted by Gasteiger charge is 2.23. The van der Waals surface area contributed by atoms with Crippen LogP contribution in [-0.4, -0.2) is 33.1 Å². The van der Waals surface area contributed by atoms with Gasteiger partial charge in [0.2, 0.25) is 0 Å². The molecule has 0 spiro atoms. The maximum Gasteiger partial charge on any atom is 0.326 e. The van der Waals surface area contributed by atoms with Gasteiger partial charge in [0.15, 0.2) is 0 Å². The number of hydrogen-bond acceptors (Lipinski definition) is 3. The Kier molecular flexibility index (Phi) is 4.50. The lowest BCUT2D eigenvalue weighted by Gasteiger charge is -2.17. The summed E-state index contributed by atoms with van der Waals surface area (Å²) in [6, 6.07) is -1.42. The van der Waals surface area contributed by atoms with Crippen LogP contribution in [0.5, 0.6) is 0 Å². The minimum absolute atomic E-state index is 0.179. The minimum atomic E-state index is -1.05. The number of nitrogens with one attached hydrogen (secondary N) is 3. The molecule has 2 amide bonds. The topological polar surface area (TPSA) is 107 Å². The molecule has 0 aliphatic heterocycles. The van der Waals surface area contributed by atoms with Gasteiger partial charge in [-0.25, -0.2) is 14.6 Å². The number of H-pyrrole nitrogens is 1. The SMILES string of the molecule is CC(C)[C@H](NC(=O)NCc1ncc[nH]1)C(=O)O. The molecular weight excluding hydrogens is 224 g/mol. The van der Waals surface area contributed by atoms with Crippen molar-refractivity contribution < 1.29 is 14.7 Å². The van der Waals surface area contributed by atoms with Crippen LogP contribution in [0.1, 0.15) is 19.7 Å². The van der Waals surface area contributed by atoms with Crippen molar-refractivity contribution in [3.63, 3.8) is 0 Å². The van der Waals surface area contributed by atoms with E-state index in [2.05, 4.69) is 20.6 Å². The second-order valence-corrected chi connectivity index (χ2v) is 3.92. The van der Waals surface area contributed by atoms with Crippen molar-refractivity contribution >= 4 is 12.0 Å². The predicted molar refractivity (Wildman–Crippen MR) is 60.2 cm³/mol. The third-order valence-electron chi connectivity index (χ3n) is 2.19. The molecule has 0 aliphatic rings. The van der Waals surface area contributed by atoms with Gasteiger partial charge in [-0.2, -0.15) is 0 Å². The molecule has 0 fully saturated rings. The summed E-state index contributed by atoms with van der Waals surface area (Å²) in [5, 5.41) is 13.8. The lowest BCUT2D eigenvalue weighted by molar-refractivity contribution is -0.140. The number of carboxylic acid groups (broad SMARTS) is 1. The Morgan fingerprint density at radius 1 is 1.53 bits per heavy atom. The van der Waals surface area contributed by atoms with E-state index in [0.717, 1.165) is 0 Å². The summed E-state index contributed by atoms with van der Waals surface area (Å²) < 4.78 is 0. The van der Waals surface area contributed by atoms with Gasteiger partial charge in [0, 0.05) is 12.4 Å². The number of urea groups is 1. The van der Waals surface area contributed by atoms with Crippen molar-refractivity contribution in [3.8, 4) is 0 Å². The van der Waals surface area contributed by atoms with Crippen molar-refractivity contribution in [1.29, 1.82) is 0 Å². The highest BCUT2D eigenvalue weighted by atomic mass is 16.4. The molecule has 4 N–H and O–H groups in total. The van der Waals surface area contributed by atoms with Gasteiger partial charge in [-0.05, 0) is 5.92 Å². The number of amides is 2. The normalized spacial score (nSPS) is 12.2. The van der Waals surface area contributed by atoms with E-state index in [9.17, 15) is 9.59 Å². The van der Waals surface area contributed by atoms with E-state index in [1.807, 2.05) is 0 Å². The fourth-order valence-electron chi connectivity index (χ4n) is 1.26. The molecule has 0 aliphatic carbocycles. The number of aromatic amines is 1. The zero-order chi connectivity index (χ0) is 12.8. The Balaban J connectivity index is 2.40. The average Bonchev–Trinajstić information content (AvgIpc) is 2.74. The van der Waals surface area contributed by atoms with Crippen molar-refractivity contribution in [2.75, 3.05) is 0 Å². The van der Waals surface area contributed by atoms with Crippen LogP contribution in [0.4, 0.5) is 4.79 Å². The largest absolute Gasteiger partial charge is 0.480 e. The van der Waals surface area contributed by atoms with Gasteiger partial charge in [0.05, 0.1) is 6.54 Å². The first kappa shape index (κ1) is 13.0. The van der Waals surface area contributed by atoms with Gasteiger partial charge < -0.3 is 20.7 Å². The molecule has 1 atom stereocenters. The second kappa shape index (κ2) is 5.88. The monoisotopic (exact) mass is 240 g/mol. The number of carbonyl (C=O) groups excluding carboxylic acids is 1. The summed E-state index contributed by atoms with van der Waals surface area (Å²) in [6.07, 6.45) is 3.21. The number of aromatic nitrogens is 2. The van der Waals surface area contributed by atoms with Gasteiger partial charge in [0.1, 0.15) is 11.9 Å². The first-order valence-corrected chi connectivity index (χ1v) is 5.26. The molecule has 1 rings (SSSR count). The molecule has 1 aromatic rings. The molecule has 17 heavy (non-hydrogen) atoms. The van der Waals surface area contributed by atoms with E-state index >= 15 is 0 Å². The molecular formula is C10H16N4O3. The van der Waals surface area contributed by atoms with Crippen LogP contribution in [0.25, 0.3) is 0 Å². The lowest BCUT2D eigenvalue weighted by Crippen LogP contribution is -2.48. The maximum absolute atomic E-state index is 11.4. The Labute approximate surface area is 98.6 Å². The number of carbonyl (C=O) groups is 2. The maximum atomic E-state index is 11.4. The van der Waals surface area contributed by atoms with Crippen LogP contribution in [0.15, 0.2) is 12.4 Å². The summed E-state index contributed by atoms with van der Waals surface area (Å²) in [5.74, 6) is -0.619. The quantitative estimate of drug-likeness (QED) is 0.594. The third kappa shape index (κ3) is 4.13. The number of hydrogen-bond donors (Lipinski definition) is 4. The number of carboxylic acids is 1. The summed E-state index contributed by atoms with van der Waals surface area (Å²) in [5.41, 5.74) is 0. The van der Waals surface area contributed by atoms with Crippen molar-refractivity contribution in [2.24, 2.45) is 5.92 Å². The van der Waals surface area contributed by atoms with E-state index in [-0.39, 0.29) is 12.5 Å². The summed E-state index contributed by atoms with van der Waals surface area (Å²) in [4.78, 5) is 29.0. The first-order chi connectivity index (χ1) is 8.00. The van der Waals surface area contributed by atoms with Gasteiger partial charge in [-0.15, -0.1) is 0 Å². The highest BCUT2D eigenvalue weighted by molar-refractivity contribution is 5.82. The Bertz CT molecular complexity index is 375. The zero-order valence-electron chi connectivity index (χ0n) is 9.73. The Morgan fingerprint density at radius 2 is 2.24 bits per heavy atom. The molecule has 7 nitrogen and oxygen atoms in total. The molecule has 0 aromatic carbocycles. The number of aliphatic carboxylic acids is 1. The van der Waals surface area contributed by atoms with E-state index < -0.39 is 18.0 Å². The van der Waals surface area contributed by atoms with Crippen LogP contribution in [0.2, 0.25) is 0 Å². The third-order valence-corrected chi connectivity index (χ3v) is 2.19. The zero-order valence-corrected chi connectivity index (χ0v) is 9.73. The van der Waals surface area contributed by atoms with Gasteiger partial charge in [-0.3, -0.25) is 0 Å². The molecule has 1 heterocycles. The number of nitrogens with zero attached hydrogens (tertiary/aromatic N) is 1. The molecule has 0 saturated heterocycles. The molecule has 94 valence electrons. The Morgan fingerprint density at radius 3 is 2.71 bits per heavy atom. The fraction of sp³-hybridized carbons (Fsp3) is 0.500. The second-order valence-electron chi connectivity index (χ2n) is 3.92. The standard InChI is InChI=1S/C10H16N4O3/c1-6(2)8(9(15)16)14-10(17)13-5-7-11-3-4-12-7/h3-4,6,8H,5H2,1-2H3,(H,11,12)(H,15,16)(H2,13,14,17)/t8-/m0/s1. The van der Waals surface area contributed by atoms with E-state index in [1.54, 1.807) is 26.2 Å². The van der Waals surface area contributed by atoms with Crippen molar-refractivity contribution in [2.45, 2.75) is 26.4 Å². The van der Waals surface area contributed by atoms with Crippen LogP contribution in [-0.2, 0) is 11.3 Å². The summed E-state index contributed by atoms with van der Waals surface area (Å²) in [6.45, 7) is 3.68. The molecule has 7 heteroatoms. The highest BCUT2D eigenvalue weighted by Crippen LogP contribution is 2.01. The summed E-state index contributed by atoms with van der Waals surface area (Å²) in [7, 11) is 0. The number of rotatable bonds is 5. The molecule has 0 saturated carbocycles. The van der Waals surface area contributed by atoms with Crippen molar-refractivity contribution in [3.05, 3.63) is 18.2 Å². The molecule has 0 bridgehead atoms. The predicted octanol–water partition coefficient (Wildman–Crippen LogP) is 0.318. The Hall–Kier alpha value is -2.05. The van der Waals surface area contributed by atoms with E-state index in [4.69, 9.17) is 5.11 Å². The average molecular weight is 240 g/mol. The molecule has 0 radical (unpaired) electrons. The molecule has 1 aromatic heterocycles. The summed E-state index contributed by atoms with van der Waals surface area (Å²) >= 11 is 0. The van der Waals surface area contributed by atoms with Crippen LogP contribution in [0, 0.1) is 5.92 Å². The van der Waals surface area contributed by atoms with Crippen LogP contribution in [0.3, 0.4) is 0 Å². The minimum Gasteiger partial charge on any atom is -0.480 e. The lowest BCUT2D eigenvalue weighted by atomic mass is 10.1. The van der Waals surface area contributed by atoms with E-state index in [0.29, 0.717) is 5.82 Å². The van der Waals surface area contributed by atoms with E-state index in [1.165, 1.54) is 0 Å². The van der Waals surface area contributed by atoms with Gasteiger partial charge >= 0.3 is 12.0 Å². The first-order valence-electron chi connectivity index (χ1n) is 5.26. The number of imidazole rings is 1. The van der Waals surface area contributed by atoms with Crippen molar-refractivity contribution in [1.82, 2.24) is 20.6 Å². The van der Waals surface area contributed by atoms with Gasteiger partial charge in [-0.1, -0.05) is 13.8 Å². The van der Waals surface area contributed by atoms with Crippen LogP contribution < -0.4 is 10.6 Å². The fourth-order valence-corrected chi connectivity index (χ4v) is 1.26. The van der Waals surface area contributed by atoms with Gasteiger partial charge in [0.25, 0.3) is 0 Å².